The summed E-state index contributed by atoms with van der Waals surface area (Å²) in [5.41, 5.74) is 2.13. The highest BCUT2D eigenvalue weighted by atomic mass is 16.1. The minimum Gasteiger partial charge on any atom is -0.302 e. The lowest BCUT2D eigenvalue weighted by Crippen LogP contribution is -2.27. The molecule has 0 aliphatic carbocycles. The van der Waals surface area contributed by atoms with Crippen molar-refractivity contribution in [3.8, 4) is 5.69 Å². The summed E-state index contributed by atoms with van der Waals surface area (Å²) >= 11 is 0. The fourth-order valence-electron chi connectivity index (χ4n) is 1.99. The Bertz CT molecular complexity index is 627. The van der Waals surface area contributed by atoms with E-state index in [0.717, 1.165) is 17.1 Å². The maximum Gasteiger partial charge on any atom is 0.258 e. The van der Waals surface area contributed by atoms with Gasteiger partial charge in [0.05, 0.1) is 23.6 Å². The van der Waals surface area contributed by atoms with Crippen molar-refractivity contribution in [2.45, 2.75) is 20.4 Å². The summed E-state index contributed by atoms with van der Waals surface area (Å²) in [4.78, 5) is 26.8. The summed E-state index contributed by atoms with van der Waals surface area (Å²) in [5.74, 6) is 0.679. The van der Waals surface area contributed by atoms with E-state index < -0.39 is 0 Å². The van der Waals surface area contributed by atoms with Crippen LogP contribution < -0.4 is 5.56 Å². The average Bonchev–Trinajstić information content (AvgIpc) is 2.31. The Kier molecular flexibility index (Phi) is 3.71. The van der Waals surface area contributed by atoms with Crippen LogP contribution in [0.15, 0.2) is 23.4 Å². The number of nitrogens with zero attached hydrogens (tertiary/aromatic N) is 5. The van der Waals surface area contributed by atoms with Crippen molar-refractivity contribution in [1.82, 2.24) is 24.4 Å². The molecule has 0 amide bonds. The van der Waals surface area contributed by atoms with E-state index in [4.69, 9.17) is 0 Å². The van der Waals surface area contributed by atoms with Gasteiger partial charge in [-0.15, -0.1) is 0 Å². The summed E-state index contributed by atoms with van der Waals surface area (Å²) in [5, 5.41) is 0. The molecule has 6 heteroatoms. The molecule has 2 heterocycles. The van der Waals surface area contributed by atoms with Crippen LogP contribution in [0.1, 0.15) is 17.2 Å². The Morgan fingerprint density at radius 3 is 2.37 bits per heavy atom. The molecule has 0 spiro atoms. The second-order valence-corrected chi connectivity index (χ2v) is 4.67. The minimum atomic E-state index is -0.118. The molecular weight excluding hydrogens is 242 g/mol. The molecule has 0 aromatic carbocycles. The lowest BCUT2D eigenvalue weighted by molar-refractivity contribution is 0.384. The van der Waals surface area contributed by atoms with Crippen LogP contribution in [0.4, 0.5) is 0 Å². The predicted octanol–water partition coefficient (Wildman–Crippen LogP) is 0.701. The van der Waals surface area contributed by atoms with Gasteiger partial charge in [0.2, 0.25) is 0 Å². The van der Waals surface area contributed by atoms with Gasteiger partial charge in [-0.2, -0.15) is 0 Å². The zero-order valence-corrected chi connectivity index (χ0v) is 11.6. The molecule has 19 heavy (non-hydrogen) atoms. The average molecular weight is 259 g/mol. The highest BCUT2D eigenvalue weighted by Gasteiger charge is 2.14. The molecule has 0 N–H and O–H groups in total. The van der Waals surface area contributed by atoms with Gasteiger partial charge in [-0.3, -0.25) is 9.36 Å². The van der Waals surface area contributed by atoms with Crippen molar-refractivity contribution in [3.63, 3.8) is 0 Å². The van der Waals surface area contributed by atoms with Gasteiger partial charge >= 0.3 is 0 Å². The molecular formula is C13H17N5O. The van der Waals surface area contributed by atoms with Crippen molar-refractivity contribution in [2.24, 2.45) is 0 Å². The molecule has 0 aliphatic rings. The molecule has 0 fully saturated rings. The molecule has 0 bridgehead atoms. The molecule has 0 saturated heterocycles. The van der Waals surface area contributed by atoms with Crippen molar-refractivity contribution in [1.29, 1.82) is 0 Å². The van der Waals surface area contributed by atoms with Gasteiger partial charge in [-0.25, -0.2) is 15.0 Å². The normalized spacial score (nSPS) is 11.0. The fourth-order valence-corrected chi connectivity index (χ4v) is 1.99. The summed E-state index contributed by atoms with van der Waals surface area (Å²) < 4.78 is 1.59. The highest BCUT2D eigenvalue weighted by molar-refractivity contribution is 5.40. The first-order chi connectivity index (χ1) is 9.00. The molecule has 2 rings (SSSR count). The van der Waals surface area contributed by atoms with E-state index in [-0.39, 0.29) is 5.56 Å². The van der Waals surface area contributed by atoms with Crippen LogP contribution in [0, 0.1) is 13.8 Å². The summed E-state index contributed by atoms with van der Waals surface area (Å²) in [7, 11) is 3.87. The number of aryl methyl sites for hydroxylation is 2. The number of hydrogen-bond acceptors (Lipinski definition) is 5. The van der Waals surface area contributed by atoms with E-state index in [2.05, 4.69) is 15.0 Å². The van der Waals surface area contributed by atoms with E-state index in [9.17, 15) is 4.79 Å². The SMILES string of the molecule is Cc1ncnc(C)c1-n1c(CN(C)C)nccc1=O. The Labute approximate surface area is 111 Å². The molecule has 2 aromatic rings. The summed E-state index contributed by atoms with van der Waals surface area (Å²) in [6, 6.07) is 1.45. The van der Waals surface area contributed by atoms with Gasteiger partial charge in [0.15, 0.2) is 0 Å². The number of rotatable bonds is 3. The molecule has 0 unspecified atom stereocenters. The lowest BCUT2D eigenvalue weighted by Gasteiger charge is -2.17. The van der Waals surface area contributed by atoms with Gasteiger partial charge < -0.3 is 4.90 Å². The van der Waals surface area contributed by atoms with E-state index in [1.54, 1.807) is 4.57 Å². The quantitative estimate of drug-likeness (QED) is 0.812. The minimum absolute atomic E-state index is 0.118. The van der Waals surface area contributed by atoms with Gasteiger partial charge in [0, 0.05) is 12.3 Å². The topological polar surface area (TPSA) is 63.9 Å². The first kappa shape index (κ1) is 13.4. The van der Waals surface area contributed by atoms with Gasteiger partial charge in [-0.05, 0) is 27.9 Å². The number of hydrogen-bond donors (Lipinski definition) is 0. The van der Waals surface area contributed by atoms with Crippen molar-refractivity contribution < 1.29 is 0 Å². The van der Waals surface area contributed by atoms with Crippen molar-refractivity contribution in [2.75, 3.05) is 14.1 Å². The van der Waals surface area contributed by atoms with Crippen LogP contribution in [-0.4, -0.2) is 38.5 Å². The van der Waals surface area contributed by atoms with Gasteiger partial charge in [-0.1, -0.05) is 0 Å². The smallest absolute Gasteiger partial charge is 0.258 e. The van der Waals surface area contributed by atoms with Gasteiger partial charge in [0.25, 0.3) is 5.56 Å². The summed E-state index contributed by atoms with van der Waals surface area (Å²) in [6.07, 6.45) is 3.04. The Morgan fingerprint density at radius 1 is 1.16 bits per heavy atom. The van der Waals surface area contributed by atoms with Crippen LogP contribution in [-0.2, 0) is 6.54 Å². The second-order valence-electron chi connectivity index (χ2n) is 4.67. The Hall–Kier alpha value is -2.08. The molecule has 6 nitrogen and oxygen atoms in total. The zero-order valence-electron chi connectivity index (χ0n) is 11.6. The first-order valence-electron chi connectivity index (χ1n) is 6.01. The van der Waals surface area contributed by atoms with Crippen LogP contribution in [0.3, 0.4) is 0 Å². The zero-order chi connectivity index (χ0) is 14.0. The maximum absolute atomic E-state index is 12.2. The van der Waals surface area contributed by atoms with Gasteiger partial charge in [0.1, 0.15) is 12.2 Å². The molecule has 0 saturated carbocycles. The summed E-state index contributed by atoms with van der Waals surface area (Å²) in [6.45, 7) is 4.30. The first-order valence-corrected chi connectivity index (χ1v) is 6.01. The van der Waals surface area contributed by atoms with Crippen molar-refractivity contribution in [3.05, 3.63) is 46.2 Å². The van der Waals surface area contributed by atoms with E-state index in [1.807, 2.05) is 32.8 Å². The predicted molar refractivity (Wildman–Crippen MR) is 72.3 cm³/mol. The molecule has 2 aromatic heterocycles. The van der Waals surface area contributed by atoms with Crippen LogP contribution in [0.5, 0.6) is 0 Å². The second kappa shape index (κ2) is 5.27. The van der Waals surface area contributed by atoms with Crippen LogP contribution >= 0.6 is 0 Å². The lowest BCUT2D eigenvalue weighted by atomic mass is 10.2. The van der Waals surface area contributed by atoms with E-state index in [0.29, 0.717) is 12.4 Å². The molecule has 100 valence electrons. The monoisotopic (exact) mass is 259 g/mol. The van der Waals surface area contributed by atoms with E-state index >= 15 is 0 Å². The molecule has 0 radical (unpaired) electrons. The third-order valence-corrected chi connectivity index (χ3v) is 2.79. The highest BCUT2D eigenvalue weighted by Crippen LogP contribution is 2.14. The third-order valence-electron chi connectivity index (χ3n) is 2.79. The molecule has 0 aliphatic heterocycles. The third kappa shape index (κ3) is 2.68. The Balaban J connectivity index is 2.71. The van der Waals surface area contributed by atoms with Crippen molar-refractivity contribution >= 4 is 0 Å². The number of aromatic nitrogens is 4. The van der Waals surface area contributed by atoms with Crippen LogP contribution in [0.2, 0.25) is 0 Å². The fraction of sp³-hybridized carbons (Fsp3) is 0.385. The van der Waals surface area contributed by atoms with Crippen LogP contribution in [0.25, 0.3) is 5.69 Å². The standard InChI is InChI=1S/C13H17N5O/c1-9-13(10(2)16-8-15-9)18-11(7-17(3)4)14-6-5-12(18)19/h5-6,8H,7H2,1-4H3. The Morgan fingerprint density at radius 2 is 1.79 bits per heavy atom. The van der Waals surface area contributed by atoms with E-state index in [1.165, 1.54) is 18.6 Å². The molecule has 0 atom stereocenters. The maximum atomic E-state index is 12.2. The largest absolute Gasteiger partial charge is 0.302 e.